The number of nitrogens with one attached hydrogen (secondary N) is 1. The fourth-order valence-electron chi connectivity index (χ4n) is 3.63. The van der Waals surface area contributed by atoms with E-state index in [4.69, 9.17) is 0 Å². The molecule has 2 amide bonds. The molecule has 0 radical (unpaired) electrons. The summed E-state index contributed by atoms with van der Waals surface area (Å²) < 4.78 is 13.5. The van der Waals surface area contributed by atoms with Gasteiger partial charge in [0.2, 0.25) is 0 Å². The Hall–Kier alpha value is -3.73. The molecule has 1 heterocycles. The summed E-state index contributed by atoms with van der Waals surface area (Å²) >= 11 is 0. The van der Waals surface area contributed by atoms with Crippen LogP contribution in [0.1, 0.15) is 36.5 Å². The van der Waals surface area contributed by atoms with E-state index in [2.05, 4.69) is 19.2 Å². The van der Waals surface area contributed by atoms with Crippen molar-refractivity contribution >= 4 is 28.8 Å². The highest BCUT2D eigenvalue weighted by molar-refractivity contribution is 6.46. The second kappa shape index (κ2) is 8.19. The highest BCUT2D eigenvalue weighted by atomic mass is 19.1. The van der Waals surface area contributed by atoms with Gasteiger partial charge < -0.3 is 5.32 Å². The van der Waals surface area contributed by atoms with Gasteiger partial charge >= 0.3 is 0 Å². The lowest BCUT2D eigenvalue weighted by atomic mass is 10.0. The van der Waals surface area contributed by atoms with Gasteiger partial charge in [0.15, 0.2) is 0 Å². The third-order valence-corrected chi connectivity index (χ3v) is 5.32. The molecule has 156 valence electrons. The predicted octanol–water partition coefficient (Wildman–Crippen LogP) is 5.65. The number of hydrogen-bond acceptors (Lipinski definition) is 3. The van der Waals surface area contributed by atoms with E-state index in [9.17, 15) is 14.0 Å². The molecule has 1 aliphatic rings. The van der Waals surface area contributed by atoms with Crippen LogP contribution in [0.3, 0.4) is 0 Å². The number of imide groups is 1. The summed E-state index contributed by atoms with van der Waals surface area (Å²) in [7, 11) is 0. The topological polar surface area (TPSA) is 49.4 Å². The summed E-state index contributed by atoms with van der Waals surface area (Å²) in [4.78, 5) is 27.9. The van der Waals surface area contributed by atoms with E-state index < -0.39 is 17.6 Å². The SMILES string of the molecule is Cc1cccc(N2C(=O)C(Nc3ccc(C(C)C)cc3)=C(c3ccc(F)cc3)C2=O)c1. The lowest BCUT2D eigenvalue weighted by molar-refractivity contribution is -0.120. The van der Waals surface area contributed by atoms with Gasteiger partial charge in [0, 0.05) is 5.69 Å². The lowest BCUT2D eigenvalue weighted by Crippen LogP contribution is -2.32. The minimum absolute atomic E-state index is 0.176. The maximum absolute atomic E-state index is 13.5. The van der Waals surface area contributed by atoms with Crippen molar-refractivity contribution < 1.29 is 14.0 Å². The van der Waals surface area contributed by atoms with Gasteiger partial charge in [-0.1, -0.05) is 50.2 Å². The second-order valence-corrected chi connectivity index (χ2v) is 7.94. The fraction of sp³-hybridized carbons (Fsp3) is 0.154. The Balaban J connectivity index is 1.78. The van der Waals surface area contributed by atoms with Crippen LogP contribution >= 0.6 is 0 Å². The zero-order valence-electron chi connectivity index (χ0n) is 17.6. The van der Waals surface area contributed by atoms with Crippen LogP contribution in [0, 0.1) is 12.7 Å². The fourth-order valence-corrected chi connectivity index (χ4v) is 3.63. The largest absolute Gasteiger partial charge is 0.350 e. The summed E-state index contributed by atoms with van der Waals surface area (Å²) in [6.07, 6.45) is 0. The van der Waals surface area contributed by atoms with Crippen LogP contribution in [-0.2, 0) is 9.59 Å². The van der Waals surface area contributed by atoms with Gasteiger partial charge in [0.1, 0.15) is 11.5 Å². The number of halogens is 1. The molecule has 31 heavy (non-hydrogen) atoms. The highest BCUT2D eigenvalue weighted by Crippen LogP contribution is 2.34. The van der Waals surface area contributed by atoms with Crippen molar-refractivity contribution in [3.63, 3.8) is 0 Å². The molecule has 0 saturated heterocycles. The Kier molecular flexibility index (Phi) is 5.42. The van der Waals surface area contributed by atoms with Crippen molar-refractivity contribution in [1.82, 2.24) is 0 Å². The molecule has 0 aromatic heterocycles. The van der Waals surface area contributed by atoms with Gasteiger partial charge in [-0.3, -0.25) is 9.59 Å². The van der Waals surface area contributed by atoms with Gasteiger partial charge in [-0.25, -0.2) is 9.29 Å². The number of carbonyl (C=O) groups is 2. The van der Waals surface area contributed by atoms with Crippen molar-refractivity contribution in [1.29, 1.82) is 0 Å². The Morgan fingerprint density at radius 2 is 1.55 bits per heavy atom. The molecule has 1 aliphatic heterocycles. The normalized spacial score (nSPS) is 14.0. The Morgan fingerprint density at radius 3 is 2.16 bits per heavy atom. The molecule has 0 unspecified atom stereocenters. The maximum Gasteiger partial charge on any atom is 0.282 e. The number of amides is 2. The first-order valence-electron chi connectivity index (χ1n) is 10.2. The van der Waals surface area contributed by atoms with Crippen LogP contribution in [0.5, 0.6) is 0 Å². The third kappa shape index (κ3) is 3.99. The molecule has 5 heteroatoms. The summed E-state index contributed by atoms with van der Waals surface area (Å²) in [5, 5.41) is 3.14. The number of carbonyl (C=O) groups excluding carboxylic acids is 2. The van der Waals surface area contributed by atoms with Gasteiger partial charge in [-0.15, -0.1) is 0 Å². The van der Waals surface area contributed by atoms with Crippen molar-refractivity contribution in [2.75, 3.05) is 10.2 Å². The number of anilines is 2. The summed E-state index contributed by atoms with van der Waals surface area (Å²) in [5.41, 5.74) is 4.19. The van der Waals surface area contributed by atoms with Crippen molar-refractivity contribution in [3.8, 4) is 0 Å². The Morgan fingerprint density at radius 1 is 0.871 bits per heavy atom. The lowest BCUT2D eigenvalue weighted by Gasteiger charge is -2.16. The van der Waals surface area contributed by atoms with Gasteiger partial charge in [-0.05, 0) is 65.9 Å². The van der Waals surface area contributed by atoms with Crippen molar-refractivity contribution in [3.05, 3.63) is 101 Å². The zero-order valence-corrected chi connectivity index (χ0v) is 17.6. The minimum atomic E-state index is -0.442. The van der Waals surface area contributed by atoms with Crippen LogP contribution < -0.4 is 10.2 Å². The first-order chi connectivity index (χ1) is 14.8. The first-order valence-corrected chi connectivity index (χ1v) is 10.2. The molecular weight excluding hydrogens is 391 g/mol. The van der Waals surface area contributed by atoms with Crippen LogP contribution in [0.15, 0.2) is 78.5 Å². The molecule has 1 N–H and O–H groups in total. The van der Waals surface area contributed by atoms with Gasteiger partial charge in [-0.2, -0.15) is 0 Å². The summed E-state index contributed by atoms with van der Waals surface area (Å²) in [6.45, 7) is 6.12. The van der Waals surface area contributed by atoms with Crippen LogP contribution in [0.2, 0.25) is 0 Å². The van der Waals surface area contributed by atoms with Crippen LogP contribution in [-0.4, -0.2) is 11.8 Å². The third-order valence-electron chi connectivity index (χ3n) is 5.32. The van der Waals surface area contributed by atoms with E-state index in [1.807, 2.05) is 37.3 Å². The Bertz CT molecular complexity index is 1180. The van der Waals surface area contributed by atoms with E-state index in [0.717, 1.165) is 10.5 Å². The monoisotopic (exact) mass is 414 g/mol. The summed E-state index contributed by atoms with van der Waals surface area (Å²) in [6, 6.07) is 20.6. The van der Waals surface area contributed by atoms with Gasteiger partial charge in [0.05, 0.1) is 11.3 Å². The predicted molar refractivity (Wildman–Crippen MR) is 121 cm³/mol. The van der Waals surface area contributed by atoms with E-state index in [1.54, 1.807) is 18.2 Å². The minimum Gasteiger partial charge on any atom is -0.350 e. The molecule has 3 aromatic carbocycles. The quantitative estimate of drug-likeness (QED) is 0.549. The van der Waals surface area contributed by atoms with Gasteiger partial charge in [0.25, 0.3) is 11.8 Å². The molecule has 0 spiro atoms. The average molecular weight is 414 g/mol. The molecule has 0 saturated carbocycles. The molecule has 4 rings (SSSR count). The molecule has 0 fully saturated rings. The highest BCUT2D eigenvalue weighted by Gasteiger charge is 2.40. The standard InChI is InChI=1S/C26H23FN2O2/c1-16(2)18-9-13-21(14-10-18)28-24-23(19-7-11-20(27)12-8-19)25(30)29(26(24)31)22-6-4-5-17(3)15-22/h4-16,28H,1-3H3. The van der Waals surface area contributed by atoms with E-state index in [1.165, 1.54) is 29.8 Å². The molecule has 4 nitrogen and oxygen atoms in total. The number of hydrogen-bond donors (Lipinski definition) is 1. The first kappa shape index (κ1) is 20.5. The van der Waals surface area contributed by atoms with E-state index in [0.29, 0.717) is 22.9 Å². The molecule has 0 aliphatic carbocycles. The van der Waals surface area contributed by atoms with Crippen molar-refractivity contribution in [2.24, 2.45) is 0 Å². The average Bonchev–Trinajstić information content (AvgIpc) is 2.98. The summed E-state index contributed by atoms with van der Waals surface area (Å²) in [5.74, 6) is -0.906. The number of aryl methyl sites for hydroxylation is 1. The molecule has 0 bridgehead atoms. The number of benzene rings is 3. The second-order valence-electron chi connectivity index (χ2n) is 7.94. The van der Waals surface area contributed by atoms with Crippen molar-refractivity contribution in [2.45, 2.75) is 26.7 Å². The maximum atomic E-state index is 13.5. The number of rotatable bonds is 5. The molecule has 3 aromatic rings. The zero-order chi connectivity index (χ0) is 22.1. The van der Waals surface area contributed by atoms with E-state index >= 15 is 0 Å². The smallest absolute Gasteiger partial charge is 0.282 e. The molecular formula is C26H23FN2O2. The van der Waals surface area contributed by atoms with E-state index in [-0.39, 0.29) is 11.3 Å². The molecule has 0 atom stereocenters. The van der Waals surface area contributed by atoms with Crippen LogP contribution in [0.25, 0.3) is 5.57 Å². The number of nitrogens with zero attached hydrogens (tertiary/aromatic N) is 1. The van der Waals surface area contributed by atoms with Crippen LogP contribution in [0.4, 0.5) is 15.8 Å². The Labute approximate surface area is 181 Å².